The summed E-state index contributed by atoms with van der Waals surface area (Å²) in [5.41, 5.74) is 1.29. The van der Waals surface area contributed by atoms with Gasteiger partial charge in [-0.1, -0.05) is 6.07 Å². The second-order valence-corrected chi connectivity index (χ2v) is 5.57. The van der Waals surface area contributed by atoms with E-state index in [-0.39, 0.29) is 4.90 Å². The van der Waals surface area contributed by atoms with Crippen molar-refractivity contribution < 1.29 is 12.8 Å². The Kier molecular flexibility index (Phi) is 3.71. The highest BCUT2D eigenvalue weighted by Gasteiger charge is 2.14. The second kappa shape index (κ2) is 5.27. The van der Waals surface area contributed by atoms with E-state index in [4.69, 9.17) is 0 Å². The fourth-order valence-electron chi connectivity index (χ4n) is 1.55. The molecule has 19 heavy (non-hydrogen) atoms. The van der Waals surface area contributed by atoms with Crippen LogP contribution in [0.25, 0.3) is 0 Å². The molecule has 2 aromatic carbocycles. The van der Waals surface area contributed by atoms with Crippen molar-refractivity contribution in [3.8, 4) is 0 Å². The van der Waals surface area contributed by atoms with Gasteiger partial charge in [-0.05, 0) is 42.5 Å². The molecule has 2 aromatic rings. The first-order chi connectivity index (χ1) is 9.01. The zero-order valence-corrected chi connectivity index (χ0v) is 11.0. The van der Waals surface area contributed by atoms with Crippen LogP contribution in [0.5, 0.6) is 0 Å². The van der Waals surface area contributed by atoms with Gasteiger partial charge < -0.3 is 5.32 Å². The van der Waals surface area contributed by atoms with Crippen LogP contribution in [-0.4, -0.2) is 15.5 Å². The normalized spacial score (nSPS) is 11.1. The molecule has 0 aromatic heterocycles. The SMILES string of the molecule is CNc1ccc(NS(=O)(=O)c2cccc(F)c2)cc1. The van der Waals surface area contributed by atoms with Gasteiger partial charge in [0, 0.05) is 18.4 Å². The quantitative estimate of drug-likeness (QED) is 0.905. The first-order valence-corrected chi connectivity index (χ1v) is 7.06. The van der Waals surface area contributed by atoms with Crippen molar-refractivity contribution in [1.29, 1.82) is 0 Å². The summed E-state index contributed by atoms with van der Waals surface area (Å²) in [6, 6.07) is 11.6. The van der Waals surface area contributed by atoms with Crippen LogP contribution in [0.4, 0.5) is 15.8 Å². The van der Waals surface area contributed by atoms with Crippen LogP contribution in [0.2, 0.25) is 0 Å². The lowest BCUT2D eigenvalue weighted by Crippen LogP contribution is -2.13. The fourth-order valence-corrected chi connectivity index (χ4v) is 2.64. The predicted octanol–water partition coefficient (Wildman–Crippen LogP) is 2.67. The summed E-state index contributed by atoms with van der Waals surface area (Å²) in [5.74, 6) is -0.589. The van der Waals surface area contributed by atoms with Crippen molar-refractivity contribution in [3.05, 3.63) is 54.3 Å². The first kappa shape index (κ1) is 13.4. The summed E-state index contributed by atoms with van der Waals surface area (Å²) < 4.78 is 39.5. The molecule has 4 nitrogen and oxygen atoms in total. The van der Waals surface area contributed by atoms with Gasteiger partial charge in [0.05, 0.1) is 4.90 Å². The number of anilines is 2. The molecule has 100 valence electrons. The van der Waals surface area contributed by atoms with E-state index in [1.165, 1.54) is 18.2 Å². The third-order valence-corrected chi connectivity index (χ3v) is 3.91. The maximum atomic E-state index is 13.0. The van der Waals surface area contributed by atoms with Crippen LogP contribution in [-0.2, 0) is 10.0 Å². The lowest BCUT2D eigenvalue weighted by molar-refractivity contribution is 0.595. The molecule has 0 aliphatic heterocycles. The summed E-state index contributed by atoms with van der Waals surface area (Å²) in [7, 11) is -2.00. The van der Waals surface area contributed by atoms with Crippen molar-refractivity contribution >= 4 is 21.4 Å². The highest BCUT2D eigenvalue weighted by molar-refractivity contribution is 7.92. The zero-order valence-electron chi connectivity index (χ0n) is 10.2. The minimum absolute atomic E-state index is 0.106. The average Bonchev–Trinajstić information content (AvgIpc) is 2.39. The highest BCUT2D eigenvalue weighted by Crippen LogP contribution is 2.18. The van der Waals surface area contributed by atoms with Crippen LogP contribution in [0.15, 0.2) is 53.4 Å². The lowest BCUT2D eigenvalue weighted by Gasteiger charge is -2.08. The number of hydrogen-bond acceptors (Lipinski definition) is 3. The maximum Gasteiger partial charge on any atom is 0.261 e. The van der Waals surface area contributed by atoms with Crippen LogP contribution < -0.4 is 10.0 Å². The summed E-state index contributed by atoms with van der Waals surface area (Å²) in [6.07, 6.45) is 0. The molecule has 0 saturated carbocycles. The van der Waals surface area contributed by atoms with Crippen molar-refractivity contribution in [3.63, 3.8) is 0 Å². The van der Waals surface area contributed by atoms with Crippen molar-refractivity contribution in [1.82, 2.24) is 0 Å². The highest BCUT2D eigenvalue weighted by atomic mass is 32.2. The molecule has 0 bridgehead atoms. The molecule has 0 fully saturated rings. The fraction of sp³-hybridized carbons (Fsp3) is 0.0769. The Morgan fingerprint density at radius 1 is 1.00 bits per heavy atom. The molecule has 0 aliphatic carbocycles. The summed E-state index contributed by atoms with van der Waals surface area (Å²) in [4.78, 5) is -0.106. The van der Waals surface area contributed by atoms with E-state index in [9.17, 15) is 12.8 Å². The van der Waals surface area contributed by atoms with Gasteiger partial charge in [0.15, 0.2) is 0 Å². The monoisotopic (exact) mass is 280 g/mol. The van der Waals surface area contributed by atoms with Gasteiger partial charge >= 0.3 is 0 Å². The first-order valence-electron chi connectivity index (χ1n) is 5.57. The Bertz CT molecular complexity index is 669. The third kappa shape index (κ3) is 3.23. The minimum atomic E-state index is -3.77. The van der Waals surface area contributed by atoms with Crippen molar-refractivity contribution in [2.45, 2.75) is 4.90 Å². The zero-order chi connectivity index (χ0) is 13.9. The molecule has 0 heterocycles. The molecule has 0 unspecified atom stereocenters. The molecule has 0 atom stereocenters. The Balaban J connectivity index is 2.25. The van der Waals surface area contributed by atoms with E-state index in [1.807, 2.05) is 0 Å². The van der Waals surface area contributed by atoms with Gasteiger partial charge in [-0.3, -0.25) is 4.72 Å². The molecule has 6 heteroatoms. The Morgan fingerprint density at radius 2 is 1.63 bits per heavy atom. The van der Waals surface area contributed by atoms with E-state index >= 15 is 0 Å². The number of benzene rings is 2. The van der Waals surface area contributed by atoms with Gasteiger partial charge in [0.2, 0.25) is 0 Å². The molecule has 0 spiro atoms. The molecular weight excluding hydrogens is 267 g/mol. The maximum absolute atomic E-state index is 13.0. The molecule has 2 N–H and O–H groups in total. The average molecular weight is 280 g/mol. The van der Waals surface area contributed by atoms with Crippen molar-refractivity contribution in [2.24, 2.45) is 0 Å². The molecule has 0 aliphatic rings. The van der Waals surface area contributed by atoms with Gasteiger partial charge in [0.25, 0.3) is 10.0 Å². The van der Waals surface area contributed by atoms with Crippen LogP contribution in [0.1, 0.15) is 0 Å². The molecule has 0 saturated heterocycles. The Labute approximate surface area is 111 Å². The van der Waals surface area contributed by atoms with E-state index < -0.39 is 15.8 Å². The predicted molar refractivity (Wildman–Crippen MR) is 73.2 cm³/mol. The standard InChI is InChI=1S/C13H13FN2O2S/c1-15-11-5-7-12(8-6-11)16-19(17,18)13-4-2-3-10(14)9-13/h2-9,15-16H,1H3. The number of rotatable bonds is 4. The largest absolute Gasteiger partial charge is 0.388 e. The topological polar surface area (TPSA) is 58.2 Å². The van der Waals surface area contributed by atoms with Gasteiger partial charge in [-0.15, -0.1) is 0 Å². The smallest absolute Gasteiger partial charge is 0.261 e. The Morgan fingerprint density at radius 3 is 2.21 bits per heavy atom. The summed E-state index contributed by atoms with van der Waals surface area (Å²) in [6.45, 7) is 0. The van der Waals surface area contributed by atoms with E-state index in [2.05, 4.69) is 10.0 Å². The van der Waals surface area contributed by atoms with Crippen molar-refractivity contribution in [2.75, 3.05) is 17.1 Å². The van der Waals surface area contributed by atoms with E-state index in [0.717, 1.165) is 11.8 Å². The van der Waals surface area contributed by atoms with Crippen LogP contribution in [0, 0.1) is 5.82 Å². The lowest BCUT2D eigenvalue weighted by atomic mass is 10.3. The molecular formula is C13H13FN2O2S. The Hall–Kier alpha value is -2.08. The summed E-state index contributed by atoms with van der Waals surface area (Å²) in [5, 5.41) is 2.93. The van der Waals surface area contributed by atoms with Gasteiger partial charge in [-0.2, -0.15) is 0 Å². The van der Waals surface area contributed by atoms with Gasteiger partial charge in [-0.25, -0.2) is 12.8 Å². The van der Waals surface area contributed by atoms with Crippen LogP contribution in [0.3, 0.4) is 0 Å². The van der Waals surface area contributed by atoms with Gasteiger partial charge in [0.1, 0.15) is 5.82 Å². The molecule has 2 rings (SSSR count). The second-order valence-electron chi connectivity index (χ2n) is 3.89. The molecule has 0 amide bonds. The van der Waals surface area contributed by atoms with E-state index in [0.29, 0.717) is 5.69 Å². The minimum Gasteiger partial charge on any atom is -0.388 e. The number of halogens is 1. The summed E-state index contributed by atoms with van der Waals surface area (Å²) >= 11 is 0. The number of nitrogens with one attached hydrogen (secondary N) is 2. The third-order valence-electron chi connectivity index (χ3n) is 2.53. The number of hydrogen-bond donors (Lipinski definition) is 2. The van der Waals surface area contributed by atoms with E-state index in [1.54, 1.807) is 31.3 Å². The number of sulfonamides is 1. The van der Waals surface area contributed by atoms with Crippen LogP contribution >= 0.6 is 0 Å². The molecule has 0 radical (unpaired) electrons.